The zero-order valence-corrected chi connectivity index (χ0v) is 13.2. The molecule has 21 heavy (non-hydrogen) atoms. The molecule has 1 aromatic rings. The van der Waals surface area contributed by atoms with Gasteiger partial charge in [0, 0.05) is 26.7 Å². The number of rotatable bonds is 5. The van der Waals surface area contributed by atoms with E-state index >= 15 is 0 Å². The van der Waals surface area contributed by atoms with Crippen molar-refractivity contribution in [2.75, 3.05) is 32.9 Å². The lowest BCUT2D eigenvalue weighted by molar-refractivity contribution is 0.458. The summed E-state index contributed by atoms with van der Waals surface area (Å²) in [6.45, 7) is 2.43. The molecule has 2 N–H and O–H groups in total. The molecule has 0 saturated carbocycles. The van der Waals surface area contributed by atoms with E-state index < -0.39 is 10.0 Å². The Balaban J connectivity index is 1.74. The van der Waals surface area contributed by atoms with E-state index in [0.29, 0.717) is 38.1 Å². The monoisotopic (exact) mass is 314 g/mol. The maximum atomic E-state index is 11.5. The van der Waals surface area contributed by atoms with Crippen LogP contribution in [-0.4, -0.2) is 51.6 Å². The third-order valence-corrected chi connectivity index (χ3v) is 4.78. The maximum absolute atomic E-state index is 11.5. The van der Waals surface area contributed by atoms with E-state index in [1.807, 2.05) is 12.1 Å². The van der Waals surface area contributed by atoms with Crippen molar-refractivity contribution in [1.29, 1.82) is 0 Å². The van der Waals surface area contributed by atoms with Crippen molar-refractivity contribution >= 4 is 16.0 Å². The fourth-order valence-electron chi connectivity index (χ4n) is 2.31. The molecule has 1 saturated heterocycles. The first-order valence-corrected chi connectivity index (χ1v) is 8.76. The van der Waals surface area contributed by atoms with Crippen LogP contribution >= 0.6 is 0 Å². The highest BCUT2D eigenvalue weighted by Crippen LogP contribution is 2.17. The number of hydrogen-bond acceptors (Lipinski definition) is 4. The highest BCUT2D eigenvalue weighted by Gasteiger charge is 2.28. The maximum Gasteiger partial charge on any atom is 0.211 e. The Bertz CT molecular complexity index is 568. The number of nitrogens with one attached hydrogen (secondary N) is 2. The van der Waals surface area contributed by atoms with Gasteiger partial charge in [-0.15, -0.1) is 0 Å². The highest BCUT2D eigenvalue weighted by molar-refractivity contribution is 7.88. The molecule has 0 radical (unpaired) electrons. The third kappa shape index (κ3) is 4.75. The zero-order valence-electron chi connectivity index (χ0n) is 12.4. The number of nitrogens with zero attached hydrogens (tertiary/aromatic N) is 2. The minimum absolute atomic E-state index is 0.307. The van der Waals surface area contributed by atoms with Gasteiger partial charge in [-0.2, -0.15) is 0 Å². The number of furan rings is 1. The van der Waals surface area contributed by atoms with Crippen LogP contribution < -0.4 is 10.6 Å². The van der Waals surface area contributed by atoms with Gasteiger partial charge in [-0.1, -0.05) is 0 Å². The van der Waals surface area contributed by atoms with Crippen molar-refractivity contribution in [3.63, 3.8) is 0 Å². The van der Waals surface area contributed by atoms with E-state index in [2.05, 4.69) is 15.6 Å². The van der Waals surface area contributed by atoms with Crippen LogP contribution in [0.1, 0.15) is 12.2 Å². The van der Waals surface area contributed by atoms with Crippen LogP contribution in [0.5, 0.6) is 0 Å². The third-order valence-electron chi connectivity index (χ3n) is 3.51. The molecule has 1 fully saturated rings. The zero-order chi connectivity index (χ0) is 15.3. The van der Waals surface area contributed by atoms with Crippen molar-refractivity contribution in [1.82, 2.24) is 14.9 Å². The molecule has 1 unspecified atom stereocenters. The Morgan fingerprint density at radius 3 is 2.90 bits per heavy atom. The summed E-state index contributed by atoms with van der Waals surface area (Å²) < 4.78 is 29.7. The minimum Gasteiger partial charge on any atom is -0.467 e. The predicted octanol–water partition coefficient (Wildman–Crippen LogP) is 0.226. The molecule has 0 amide bonds. The lowest BCUT2D eigenvalue weighted by Gasteiger charge is -2.16. The van der Waals surface area contributed by atoms with Crippen LogP contribution in [0, 0.1) is 5.92 Å². The topological polar surface area (TPSA) is 86.9 Å². The molecule has 1 aliphatic heterocycles. The molecule has 8 heteroatoms. The summed E-state index contributed by atoms with van der Waals surface area (Å²) in [5.41, 5.74) is 0. The average Bonchev–Trinajstić information content (AvgIpc) is 3.09. The second-order valence-electron chi connectivity index (χ2n) is 5.16. The van der Waals surface area contributed by atoms with E-state index in [0.717, 1.165) is 12.2 Å². The van der Waals surface area contributed by atoms with Crippen LogP contribution in [0.25, 0.3) is 0 Å². The highest BCUT2D eigenvalue weighted by atomic mass is 32.2. The second kappa shape index (κ2) is 6.95. The quantitative estimate of drug-likeness (QED) is 0.600. The molecule has 1 aliphatic rings. The molecule has 7 nitrogen and oxygen atoms in total. The molecular formula is C13H22N4O3S. The fraction of sp³-hybridized carbons (Fsp3) is 0.615. The van der Waals surface area contributed by atoms with E-state index in [4.69, 9.17) is 4.42 Å². The molecular weight excluding hydrogens is 292 g/mol. The van der Waals surface area contributed by atoms with Gasteiger partial charge in [-0.25, -0.2) is 12.7 Å². The Labute approximate surface area is 125 Å². The summed E-state index contributed by atoms with van der Waals surface area (Å²) in [5.74, 6) is 1.83. The summed E-state index contributed by atoms with van der Waals surface area (Å²) in [4.78, 5) is 4.14. The Kier molecular flexibility index (Phi) is 5.24. The van der Waals surface area contributed by atoms with Crippen molar-refractivity contribution in [2.24, 2.45) is 10.9 Å². The molecule has 1 aromatic heterocycles. The summed E-state index contributed by atoms with van der Waals surface area (Å²) in [6, 6.07) is 3.73. The Morgan fingerprint density at radius 1 is 1.52 bits per heavy atom. The molecule has 118 valence electrons. The van der Waals surface area contributed by atoms with Gasteiger partial charge in [0.15, 0.2) is 5.96 Å². The van der Waals surface area contributed by atoms with Gasteiger partial charge in [0.05, 0.1) is 19.1 Å². The number of sulfonamides is 1. The largest absolute Gasteiger partial charge is 0.467 e. The fourth-order valence-corrected chi connectivity index (χ4v) is 3.23. The van der Waals surface area contributed by atoms with Gasteiger partial charge in [0.2, 0.25) is 10.0 Å². The van der Waals surface area contributed by atoms with E-state index in [-0.39, 0.29) is 0 Å². The summed E-state index contributed by atoms with van der Waals surface area (Å²) in [5, 5.41) is 6.37. The summed E-state index contributed by atoms with van der Waals surface area (Å²) >= 11 is 0. The minimum atomic E-state index is -3.07. The van der Waals surface area contributed by atoms with E-state index in [1.54, 1.807) is 13.3 Å². The van der Waals surface area contributed by atoms with Crippen molar-refractivity contribution in [3.05, 3.63) is 24.2 Å². The molecule has 0 bridgehead atoms. The Morgan fingerprint density at radius 2 is 2.33 bits per heavy atom. The summed E-state index contributed by atoms with van der Waals surface area (Å²) in [6.07, 6.45) is 3.76. The van der Waals surface area contributed by atoms with Gasteiger partial charge >= 0.3 is 0 Å². The normalized spacial score (nSPS) is 20.7. The Hall–Kier alpha value is -1.54. The number of aliphatic imine (C=N–C) groups is 1. The first-order chi connectivity index (χ1) is 9.99. The standard InChI is InChI=1S/C13H22N4O3S/c1-14-13(16-9-12-4-3-7-20-12)15-8-11-5-6-17(10-11)21(2,18)19/h3-4,7,11H,5-6,8-10H2,1-2H3,(H2,14,15,16). The first-order valence-electron chi connectivity index (χ1n) is 6.91. The molecule has 2 heterocycles. The van der Waals surface area contributed by atoms with Gasteiger partial charge < -0.3 is 15.1 Å². The van der Waals surface area contributed by atoms with Gasteiger partial charge in [-0.3, -0.25) is 4.99 Å². The average molecular weight is 314 g/mol. The summed E-state index contributed by atoms with van der Waals surface area (Å²) in [7, 11) is -1.37. The van der Waals surface area contributed by atoms with Crippen molar-refractivity contribution in [2.45, 2.75) is 13.0 Å². The predicted molar refractivity (Wildman–Crippen MR) is 81.4 cm³/mol. The smallest absolute Gasteiger partial charge is 0.211 e. The lowest BCUT2D eigenvalue weighted by atomic mass is 10.1. The van der Waals surface area contributed by atoms with Gasteiger partial charge in [-0.05, 0) is 24.5 Å². The van der Waals surface area contributed by atoms with E-state index in [9.17, 15) is 8.42 Å². The molecule has 1 atom stereocenters. The van der Waals surface area contributed by atoms with E-state index in [1.165, 1.54) is 10.6 Å². The molecule has 0 aliphatic carbocycles. The van der Waals surface area contributed by atoms with Gasteiger partial charge in [0.1, 0.15) is 5.76 Å². The molecule has 0 spiro atoms. The molecule has 0 aromatic carbocycles. The van der Waals surface area contributed by atoms with Crippen molar-refractivity contribution < 1.29 is 12.8 Å². The van der Waals surface area contributed by atoms with Gasteiger partial charge in [0.25, 0.3) is 0 Å². The van der Waals surface area contributed by atoms with Crippen LogP contribution in [0.4, 0.5) is 0 Å². The number of guanidine groups is 1. The van der Waals surface area contributed by atoms with Crippen LogP contribution in [-0.2, 0) is 16.6 Å². The number of hydrogen-bond donors (Lipinski definition) is 2. The van der Waals surface area contributed by atoms with Crippen LogP contribution in [0.15, 0.2) is 27.8 Å². The second-order valence-corrected chi connectivity index (χ2v) is 7.14. The lowest BCUT2D eigenvalue weighted by Crippen LogP contribution is -2.40. The first kappa shape index (κ1) is 15.8. The van der Waals surface area contributed by atoms with Crippen LogP contribution in [0.3, 0.4) is 0 Å². The SMILES string of the molecule is CN=C(NCc1ccco1)NCC1CCN(S(C)(=O)=O)C1. The van der Waals surface area contributed by atoms with Crippen molar-refractivity contribution in [3.8, 4) is 0 Å². The van der Waals surface area contributed by atoms with Crippen LogP contribution in [0.2, 0.25) is 0 Å². The molecule has 2 rings (SSSR count).